The van der Waals surface area contributed by atoms with E-state index >= 15 is 0 Å². The average Bonchev–Trinajstić information content (AvgIpc) is 2.04. The zero-order chi connectivity index (χ0) is 10.0. The minimum atomic E-state index is -2.53. The number of hydrogen-bond acceptors (Lipinski definition) is 2. The van der Waals surface area contributed by atoms with Crippen molar-refractivity contribution in [1.82, 2.24) is 4.98 Å². The van der Waals surface area contributed by atoms with E-state index in [0.717, 1.165) is 11.1 Å². The first kappa shape index (κ1) is 10.8. The van der Waals surface area contributed by atoms with Gasteiger partial charge in [0.25, 0.3) is 6.43 Å². The minimum Gasteiger partial charge on any atom is -0.326 e. The van der Waals surface area contributed by atoms with Crippen LogP contribution >= 0.6 is 22.6 Å². The fraction of sp³-hybridized carbons (Fsp3) is 0.375. The van der Waals surface area contributed by atoms with Crippen LogP contribution in [0.4, 0.5) is 8.78 Å². The van der Waals surface area contributed by atoms with E-state index in [1.165, 1.54) is 6.20 Å². The summed E-state index contributed by atoms with van der Waals surface area (Å²) in [6, 6.07) is 0. The first-order chi connectivity index (χ1) is 6.07. The highest BCUT2D eigenvalue weighted by atomic mass is 127. The third-order valence-corrected chi connectivity index (χ3v) is 2.98. The summed E-state index contributed by atoms with van der Waals surface area (Å²) in [6.07, 6.45) is -1.09. The van der Waals surface area contributed by atoms with Gasteiger partial charge in [-0.3, -0.25) is 4.98 Å². The Morgan fingerprint density at radius 1 is 1.62 bits per heavy atom. The van der Waals surface area contributed by atoms with Gasteiger partial charge >= 0.3 is 0 Å². The maximum atomic E-state index is 12.4. The molecule has 0 aromatic carbocycles. The standard InChI is InChI=1S/C8H9F2IN2/c1-4-3-13-7(8(9)10)6(11)5(4)2-12/h3,8H,2,12H2,1H3. The Balaban J connectivity index is 3.27. The Labute approximate surface area is 88.7 Å². The lowest BCUT2D eigenvalue weighted by atomic mass is 10.1. The molecule has 0 unspecified atom stereocenters. The smallest absolute Gasteiger partial charge is 0.281 e. The molecule has 0 fully saturated rings. The van der Waals surface area contributed by atoms with Crippen molar-refractivity contribution in [2.75, 3.05) is 0 Å². The summed E-state index contributed by atoms with van der Waals surface area (Å²) in [5, 5.41) is 0. The highest BCUT2D eigenvalue weighted by Crippen LogP contribution is 2.26. The summed E-state index contributed by atoms with van der Waals surface area (Å²) in [4.78, 5) is 3.67. The Hall–Kier alpha value is -0.300. The molecule has 1 aromatic heterocycles. The van der Waals surface area contributed by atoms with E-state index in [4.69, 9.17) is 5.73 Å². The van der Waals surface area contributed by atoms with E-state index < -0.39 is 6.43 Å². The van der Waals surface area contributed by atoms with Crippen molar-refractivity contribution in [2.45, 2.75) is 19.9 Å². The van der Waals surface area contributed by atoms with E-state index in [2.05, 4.69) is 4.98 Å². The molecule has 0 spiro atoms. The molecule has 0 atom stereocenters. The van der Waals surface area contributed by atoms with Crippen LogP contribution in [0, 0.1) is 10.5 Å². The van der Waals surface area contributed by atoms with Gasteiger partial charge in [-0.2, -0.15) is 0 Å². The van der Waals surface area contributed by atoms with Crippen molar-refractivity contribution in [2.24, 2.45) is 5.73 Å². The van der Waals surface area contributed by atoms with Gasteiger partial charge in [0.05, 0.1) is 0 Å². The molecule has 0 saturated carbocycles. The van der Waals surface area contributed by atoms with Gasteiger partial charge in [-0.05, 0) is 40.6 Å². The molecule has 0 amide bonds. The van der Waals surface area contributed by atoms with Crippen LogP contribution in [-0.4, -0.2) is 4.98 Å². The van der Waals surface area contributed by atoms with Gasteiger partial charge in [-0.1, -0.05) is 0 Å². The third-order valence-electron chi connectivity index (χ3n) is 1.77. The number of aryl methyl sites for hydroxylation is 1. The first-order valence-corrected chi connectivity index (χ1v) is 4.78. The molecule has 1 rings (SSSR count). The number of pyridine rings is 1. The lowest BCUT2D eigenvalue weighted by Crippen LogP contribution is -2.07. The number of hydrogen-bond donors (Lipinski definition) is 1. The summed E-state index contributed by atoms with van der Waals surface area (Å²) in [5.74, 6) is 0. The predicted molar refractivity (Wildman–Crippen MR) is 54.5 cm³/mol. The molecule has 13 heavy (non-hydrogen) atoms. The second-order valence-electron chi connectivity index (χ2n) is 2.62. The SMILES string of the molecule is Cc1cnc(C(F)F)c(I)c1CN. The normalized spacial score (nSPS) is 10.9. The van der Waals surface area contributed by atoms with E-state index in [1.807, 2.05) is 29.5 Å². The van der Waals surface area contributed by atoms with Crippen LogP contribution in [0.1, 0.15) is 23.2 Å². The van der Waals surface area contributed by atoms with Crippen LogP contribution in [0.25, 0.3) is 0 Å². The van der Waals surface area contributed by atoms with Gasteiger partial charge in [0, 0.05) is 16.3 Å². The molecule has 0 aliphatic rings. The number of alkyl halides is 2. The minimum absolute atomic E-state index is 0.174. The maximum Gasteiger partial charge on any atom is 0.281 e. The van der Waals surface area contributed by atoms with Gasteiger partial charge in [0.2, 0.25) is 0 Å². The zero-order valence-corrected chi connectivity index (χ0v) is 9.18. The topological polar surface area (TPSA) is 38.9 Å². The quantitative estimate of drug-likeness (QED) is 0.852. The summed E-state index contributed by atoms with van der Waals surface area (Å²) in [6.45, 7) is 2.08. The number of nitrogens with two attached hydrogens (primary N) is 1. The summed E-state index contributed by atoms with van der Waals surface area (Å²) in [7, 11) is 0. The van der Waals surface area contributed by atoms with Crippen LogP contribution in [0.3, 0.4) is 0 Å². The van der Waals surface area contributed by atoms with E-state index in [0.29, 0.717) is 3.57 Å². The zero-order valence-electron chi connectivity index (χ0n) is 7.02. The number of nitrogens with zero attached hydrogens (tertiary/aromatic N) is 1. The number of halogens is 3. The Bertz CT molecular complexity index is 315. The fourth-order valence-electron chi connectivity index (χ4n) is 1.03. The molecule has 72 valence electrons. The molecule has 0 aliphatic carbocycles. The van der Waals surface area contributed by atoms with Crippen molar-refractivity contribution in [3.8, 4) is 0 Å². The van der Waals surface area contributed by atoms with Crippen LogP contribution < -0.4 is 5.73 Å². The third kappa shape index (κ3) is 2.14. The lowest BCUT2D eigenvalue weighted by molar-refractivity contribution is 0.145. The van der Waals surface area contributed by atoms with E-state index in [1.54, 1.807) is 0 Å². The predicted octanol–water partition coefficient (Wildman–Crippen LogP) is 2.39. The number of aromatic nitrogens is 1. The van der Waals surface area contributed by atoms with Crippen LogP contribution in [-0.2, 0) is 6.54 Å². The average molecular weight is 298 g/mol. The summed E-state index contributed by atoms with van der Waals surface area (Å²) < 4.78 is 25.2. The van der Waals surface area contributed by atoms with E-state index in [9.17, 15) is 8.78 Å². The van der Waals surface area contributed by atoms with E-state index in [-0.39, 0.29) is 12.2 Å². The lowest BCUT2D eigenvalue weighted by Gasteiger charge is -2.09. The van der Waals surface area contributed by atoms with Crippen molar-refractivity contribution in [3.63, 3.8) is 0 Å². The number of rotatable bonds is 2. The molecule has 0 saturated heterocycles. The Morgan fingerprint density at radius 3 is 2.69 bits per heavy atom. The largest absolute Gasteiger partial charge is 0.326 e. The molecule has 1 aromatic rings. The molecule has 0 aliphatic heterocycles. The van der Waals surface area contributed by atoms with Crippen molar-refractivity contribution >= 4 is 22.6 Å². The highest BCUT2D eigenvalue weighted by molar-refractivity contribution is 14.1. The molecule has 0 bridgehead atoms. The first-order valence-electron chi connectivity index (χ1n) is 3.70. The second kappa shape index (κ2) is 4.28. The fourth-order valence-corrected chi connectivity index (χ4v) is 2.05. The molecular weight excluding hydrogens is 289 g/mol. The molecule has 1 heterocycles. The van der Waals surface area contributed by atoms with Gasteiger partial charge in [0.1, 0.15) is 5.69 Å². The second-order valence-corrected chi connectivity index (χ2v) is 3.70. The van der Waals surface area contributed by atoms with Crippen molar-refractivity contribution in [3.05, 3.63) is 26.6 Å². The van der Waals surface area contributed by atoms with Crippen LogP contribution in [0.15, 0.2) is 6.20 Å². The molecule has 2 nitrogen and oxygen atoms in total. The van der Waals surface area contributed by atoms with Crippen molar-refractivity contribution < 1.29 is 8.78 Å². The van der Waals surface area contributed by atoms with Crippen LogP contribution in [0.2, 0.25) is 0 Å². The van der Waals surface area contributed by atoms with Gasteiger partial charge in [0.15, 0.2) is 0 Å². The summed E-state index contributed by atoms with van der Waals surface area (Å²) >= 11 is 1.86. The molecule has 0 radical (unpaired) electrons. The summed E-state index contributed by atoms with van der Waals surface area (Å²) in [5.41, 5.74) is 6.88. The van der Waals surface area contributed by atoms with Gasteiger partial charge in [-0.15, -0.1) is 0 Å². The van der Waals surface area contributed by atoms with Gasteiger partial charge in [-0.25, -0.2) is 8.78 Å². The Morgan fingerprint density at radius 2 is 2.23 bits per heavy atom. The Kier molecular flexibility index (Phi) is 3.55. The van der Waals surface area contributed by atoms with Crippen LogP contribution in [0.5, 0.6) is 0 Å². The monoisotopic (exact) mass is 298 g/mol. The molecular formula is C8H9F2IN2. The molecule has 2 N–H and O–H groups in total. The van der Waals surface area contributed by atoms with Gasteiger partial charge < -0.3 is 5.73 Å². The highest BCUT2D eigenvalue weighted by Gasteiger charge is 2.16. The van der Waals surface area contributed by atoms with Crippen molar-refractivity contribution in [1.29, 1.82) is 0 Å². The molecule has 5 heteroatoms. The maximum absolute atomic E-state index is 12.4.